The van der Waals surface area contributed by atoms with E-state index in [1.54, 1.807) is 0 Å². The number of hydrogen-bond acceptors (Lipinski definition) is 3. The average molecular weight is 310 g/mol. The first-order valence-corrected chi connectivity index (χ1v) is 5.47. The summed E-state index contributed by atoms with van der Waals surface area (Å²) >= 11 is 8.10. The fourth-order valence-electron chi connectivity index (χ4n) is 0.954. The lowest BCUT2D eigenvalue weighted by Gasteiger charge is -2.08. The smallest absolute Gasteiger partial charge is 0.261 e. The van der Waals surface area contributed by atoms with Gasteiger partial charge in [-0.1, -0.05) is 27.7 Å². The Kier molecular flexibility index (Phi) is 2.22. The standard InChI is InChI=1S/C6H2Br2N2OS/c7-3-2-5(11)9-1-10-6(2)12-4(3)8/h1-2H. The maximum atomic E-state index is 11.3. The van der Waals surface area contributed by atoms with Crippen molar-refractivity contribution in [3.05, 3.63) is 8.30 Å². The first kappa shape index (κ1) is 8.65. The Morgan fingerprint density at radius 2 is 2.25 bits per heavy atom. The molecule has 2 aliphatic heterocycles. The highest BCUT2D eigenvalue weighted by molar-refractivity contribution is 9.16. The number of carbonyl (C=O) groups excluding carboxylic acids is 1. The highest BCUT2D eigenvalue weighted by atomic mass is 79.9. The van der Waals surface area contributed by atoms with Crippen LogP contribution in [0.3, 0.4) is 0 Å². The van der Waals surface area contributed by atoms with Gasteiger partial charge in [0.15, 0.2) is 0 Å². The van der Waals surface area contributed by atoms with Gasteiger partial charge in [0.25, 0.3) is 5.91 Å². The van der Waals surface area contributed by atoms with E-state index in [0.29, 0.717) is 0 Å². The molecule has 0 aromatic rings. The van der Waals surface area contributed by atoms with E-state index in [0.717, 1.165) is 13.3 Å². The minimum absolute atomic E-state index is 0.158. The van der Waals surface area contributed by atoms with Gasteiger partial charge in [0.05, 0.1) is 8.86 Å². The molecule has 1 unspecified atom stereocenters. The normalized spacial score (nSPS) is 27.7. The van der Waals surface area contributed by atoms with E-state index in [1.807, 2.05) is 0 Å². The van der Waals surface area contributed by atoms with Crippen LogP contribution >= 0.6 is 43.6 Å². The summed E-state index contributed by atoms with van der Waals surface area (Å²) in [7, 11) is 0. The van der Waals surface area contributed by atoms with Gasteiger partial charge < -0.3 is 0 Å². The van der Waals surface area contributed by atoms with E-state index in [1.165, 1.54) is 18.1 Å². The van der Waals surface area contributed by atoms with Gasteiger partial charge in [0, 0.05) is 4.48 Å². The number of rotatable bonds is 0. The fourth-order valence-corrected chi connectivity index (χ4v) is 3.32. The lowest BCUT2D eigenvalue weighted by Crippen LogP contribution is -2.20. The lowest BCUT2D eigenvalue weighted by molar-refractivity contribution is -0.118. The molecule has 2 rings (SSSR count). The number of halogens is 2. The topological polar surface area (TPSA) is 41.8 Å². The van der Waals surface area contributed by atoms with Gasteiger partial charge in [-0.3, -0.25) is 4.79 Å². The van der Waals surface area contributed by atoms with E-state index < -0.39 is 0 Å². The van der Waals surface area contributed by atoms with Gasteiger partial charge >= 0.3 is 0 Å². The fraction of sp³-hybridized carbons (Fsp3) is 0.167. The lowest BCUT2D eigenvalue weighted by atomic mass is 10.1. The largest absolute Gasteiger partial charge is 0.271 e. The summed E-state index contributed by atoms with van der Waals surface area (Å²) in [6, 6.07) is 0. The van der Waals surface area contributed by atoms with Crippen molar-refractivity contribution in [1.82, 2.24) is 0 Å². The highest BCUT2D eigenvalue weighted by Crippen LogP contribution is 2.45. The highest BCUT2D eigenvalue weighted by Gasteiger charge is 2.36. The Labute approximate surface area is 89.7 Å². The molecule has 0 fully saturated rings. The van der Waals surface area contributed by atoms with Crippen LogP contribution in [0.4, 0.5) is 0 Å². The van der Waals surface area contributed by atoms with Crippen LogP contribution in [0.25, 0.3) is 0 Å². The Hall–Kier alpha value is 0.0600. The molecule has 2 aliphatic rings. The van der Waals surface area contributed by atoms with Gasteiger partial charge in [-0.05, 0) is 15.9 Å². The Bertz CT molecular complexity index is 347. The molecule has 12 heavy (non-hydrogen) atoms. The van der Waals surface area contributed by atoms with Crippen LogP contribution in [0.2, 0.25) is 0 Å². The van der Waals surface area contributed by atoms with Gasteiger partial charge in [-0.15, -0.1) is 0 Å². The Morgan fingerprint density at radius 3 is 2.92 bits per heavy atom. The van der Waals surface area contributed by atoms with Crippen molar-refractivity contribution in [2.45, 2.75) is 0 Å². The Balaban J connectivity index is 2.45. The quantitative estimate of drug-likeness (QED) is 0.689. The first-order chi connectivity index (χ1) is 5.70. The summed E-state index contributed by atoms with van der Waals surface area (Å²) < 4.78 is 1.73. The molecular formula is C6H2Br2N2OS. The minimum Gasteiger partial charge on any atom is -0.271 e. The van der Waals surface area contributed by atoms with Gasteiger partial charge in [0.1, 0.15) is 12.3 Å². The molecule has 0 N–H and O–H groups in total. The van der Waals surface area contributed by atoms with E-state index in [-0.39, 0.29) is 11.8 Å². The molecule has 6 heteroatoms. The number of thioether (sulfide) groups is 1. The number of nitrogens with zero attached hydrogens (tertiary/aromatic N) is 2. The van der Waals surface area contributed by atoms with Crippen LogP contribution in [0.5, 0.6) is 0 Å². The monoisotopic (exact) mass is 308 g/mol. The molecule has 0 aromatic heterocycles. The molecule has 0 aliphatic carbocycles. The van der Waals surface area contributed by atoms with Crippen LogP contribution in [-0.2, 0) is 4.79 Å². The van der Waals surface area contributed by atoms with Crippen molar-refractivity contribution in [3.8, 4) is 0 Å². The maximum Gasteiger partial charge on any atom is 0.261 e. The number of aliphatic imine (C=N–C) groups is 2. The van der Waals surface area contributed by atoms with Crippen molar-refractivity contribution >= 4 is 60.9 Å². The summed E-state index contributed by atoms with van der Waals surface area (Å²) in [5.41, 5.74) is 0. The third-order valence-electron chi connectivity index (χ3n) is 1.50. The van der Waals surface area contributed by atoms with E-state index >= 15 is 0 Å². The Morgan fingerprint density at radius 1 is 1.50 bits per heavy atom. The molecule has 0 radical (unpaired) electrons. The van der Waals surface area contributed by atoms with E-state index in [9.17, 15) is 4.79 Å². The summed E-state index contributed by atoms with van der Waals surface area (Å²) in [5.74, 6) is -0.455. The van der Waals surface area contributed by atoms with Crippen LogP contribution < -0.4 is 0 Å². The van der Waals surface area contributed by atoms with Crippen LogP contribution in [0, 0.1) is 5.92 Å². The molecule has 62 valence electrons. The molecule has 1 amide bonds. The molecule has 0 spiro atoms. The van der Waals surface area contributed by atoms with Crippen LogP contribution in [0.15, 0.2) is 18.3 Å². The molecule has 3 nitrogen and oxygen atoms in total. The summed E-state index contributed by atoms with van der Waals surface area (Å²) in [5, 5.41) is 0.786. The van der Waals surface area contributed by atoms with Gasteiger partial charge in [0.2, 0.25) is 0 Å². The number of hydrogen-bond donors (Lipinski definition) is 0. The second-order valence-electron chi connectivity index (χ2n) is 2.21. The zero-order valence-electron chi connectivity index (χ0n) is 5.62. The van der Waals surface area contributed by atoms with Crippen molar-refractivity contribution < 1.29 is 4.79 Å². The molecule has 1 atom stereocenters. The SMILES string of the molecule is O=C1N=CN=C2SC(Br)=C(Br)C12. The van der Waals surface area contributed by atoms with Crippen LogP contribution in [-0.4, -0.2) is 17.3 Å². The average Bonchev–Trinajstić information content (AvgIpc) is 2.29. The summed E-state index contributed by atoms with van der Waals surface area (Å²) in [6.45, 7) is 0. The van der Waals surface area contributed by atoms with E-state index in [2.05, 4.69) is 41.8 Å². The molecule has 0 aromatic carbocycles. The predicted molar refractivity (Wildman–Crippen MR) is 56.9 cm³/mol. The third kappa shape index (κ3) is 1.22. The molecule has 0 saturated heterocycles. The zero-order chi connectivity index (χ0) is 8.72. The molecular weight excluding hydrogens is 308 g/mol. The first-order valence-electron chi connectivity index (χ1n) is 3.07. The maximum absolute atomic E-state index is 11.3. The summed E-state index contributed by atoms with van der Waals surface area (Å²) in [6.07, 6.45) is 1.30. The number of fused-ring (bicyclic) bond motifs is 1. The summed E-state index contributed by atoms with van der Waals surface area (Å²) in [4.78, 5) is 18.9. The third-order valence-corrected chi connectivity index (χ3v) is 5.01. The molecule has 0 saturated carbocycles. The van der Waals surface area contributed by atoms with Gasteiger partial charge in [-0.25, -0.2) is 9.98 Å². The molecule has 2 heterocycles. The number of amides is 1. The zero-order valence-corrected chi connectivity index (χ0v) is 9.61. The van der Waals surface area contributed by atoms with Crippen molar-refractivity contribution in [1.29, 1.82) is 0 Å². The van der Waals surface area contributed by atoms with Crippen molar-refractivity contribution in [2.75, 3.05) is 0 Å². The second-order valence-corrected chi connectivity index (χ2v) is 5.41. The minimum atomic E-state index is -0.297. The number of carbonyl (C=O) groups is 1. The van der Waals surface area contributed by atoms with Crippen LogP contribution in [0.1, 0.15) is 0 Å². The van der Waals surface area contributed by atoms with Crippen molar-refractivity contribution in [3.63, 3.8) is 0 Å². The molecule has 0 bridgehead atoms. The van der Waals surface area contributed by atoms with Gasteiger partial charge in [-0.2, -0.15) is 0 Å². The predicted octanol–water partition coefficient (Wildman–Crippen LogP) is 2.28. The second kappa shape index (κ2) is 3.08. The van der Waals surface area contributed by atoms with Crippen molar-refractivity contribution in [2.24, 2.45) is 15.9 Å². The van der Waals surface area contributed by atoms with E-state index in [4.69, 9.17) is 0 Å².